The van der Waals surface area contributed by atoms with Crippen LogP contribution in [0, 0.1) is 0 Å². The molecule has 0 spiro atoms. The maximum Gasteiger partial charge on any atom is 0.229 e. The van der Waals surface area contributed by atoms with Crippen LogP contribution in [0.25, 0.3) is 5.69 Å². The average molecular weight is 316 g/mol. The van der Waals surface area contributed by atoms with Crippen LogP contribution in [0.3, 0.4) is 0 Å². The lowest BCUT2D eigenvalue weighted by Gasteiger charge is -2.35. The number of para-hydroxylation sites is 1. The Labute approximate surface area is 134 Å². The number of ether oxygens (including phenoxy) is 1. The highest BCUT2D eigenvalue weighted by Gasteiger charge is 2.27. The van der Waals surface area contributed by atoms with Crippen LogP contribution in [0.4, 0.5) is 0 Å². The van der Waals surface area contributed by atoms with Crippen LogP contribution < -0.4 is 0 Å². The van der Waals surface area contributed by atoms with Crippen molar-refractivity contribution in [1.29, 1.82) is 0 Å². The second-order valence-corrected chi connectivity index (χ2v) is 5.47. The zero-order chi connectivity index (χ0) is 16.1. The highest BCUT2D eigenvalue weighted by atomic mass is 16.5. The normalized spacial score (nSPS) is 18.1. The summed E-state index contributed by atoms with van der Waals surface area (Å²) in [5.41, 5.74) is 1.49. The number of hydrogen-bond donors (Lipinski definition) is 1. The second kappa shape index (κ2) is 7.34. The molecule has 0 aliphatic carbocycles. The van der Waals surface area contributed by atoms with E-state index in [4.69, 9.17) is 9.84 Å². The summed E-state index contributed by atoms with van der Waals surface area (Å²) in [6, 6.07) is 9.51. The first kappa shape index (κ1) is 15.6. The molecule has 0 bridgehead atoms. The Hall–Kier alpha value is -2.25. The van der Waals surface area contributed by atoms with E-state index in [0.717, 1.165) is 5.69 Å². The minimum atomic E-state index is -0.0644. The summed E-state index contributed by atoms with van der Waals surface area (Å²) >= 11 is 0. The molecule has 1 saturated heterocycles. The molecule has 2 aromatic rings. The molecule has 1 aromatic heterocycles. The van der Waals surface area contributed by atoms with Gasteiger partial charge in [0.15, 0.2) is 0 Å². The Morgan fingerprint density at radius 3 is 2.96 bits per heavy atom. The fraction of sp³-hybridized carbons (Fsp3) is 0.438. The maximum atomic E-state index is 12.5. The first-order chi connectivity index (χ1) is 11.3. The molecule has 1 aliphatic heterocycles. The fourth-order valence-electron chi connectivity index (χ4n) is 2.69. The highest BCUT2D eigenvalue weighted by Crippen LogP contribution is 2.13. The van der Waals surface area contributed by atoms with Crippen LogP contribution in [-0.4, -0.2) is 63.3 Å². The summed E-state index contributed by atoms with van der Waals surface area (Å²) in [5, 5.41) is 17.7. The van der Waals surface area contributed by atoms with Crippen LogP contribution in [-0.2, 0) is 16.0 Å². The van der Waals surface area contributed by atoms with Crippen molar-refractivity contribution in [3.05, 3.63) is 42.2 Å². The number of carbonyl (C=O) groups excluding carboxylic acids is 1. The van der Waals surface area contributed by atoms with Crippen molar-refractivity contribution in [1.82, 2.24) is 19.9 Å². The van der Waals surface area contributed by atoms with Crippen LogP contribution in [0.5, 0.6) is 0 Å². The topological polar surface area (TPSA) is 80.5 Å². The summed E-state index contributed by atoms with van der Waals surface area (Å²) in [6.45, 7) is 1.60. The zero-order valence-electron chi connectivity index (χ0n) is 12.8. The van der Waals surface area contributed by atoms with Gasteiger partial charge in [0.2, 0.25) is 5.91 Å². The number of carbonyl (C=O) groups is 1. The average Bonchev–Trinajstić information content (AvgIpc) is 3.05. The standard InChI is InChI=1S/C16H20N4O3/c21-8-6-15-12-23-9-7-19(15)16(22)10-13-11-17-20(18-13)14-4-2-1-3-5-14/h1-5,11,15,21H,6-10,12H2. The highest BCUT2D eigenvalue weighted by molar-refractivity contribution is 5.78. The second-order valence-electron chi connectivity index (χ2n) is 5.47. The van der Waals surface area contributed by atoms with Gasteiger partial charge in [-0.3, -0.25) is 4.79 Å². The minimum Gasteiger partial charge on any atom is -0.396 e. The number of benzene rings is 1. The lowest BCUT2D eigenvalue weighted by molar-refractivity contribution is -0.139. The molecule has 0 radical (unpaired) electrons. The Kier molecular flexibility index (Phi) is 4.99. The number of nitrogens with zero attached hydrogens (tertiary/aromatic N) is 4. The van der Waals surface area contributed by atoms with Crippen LogP contribution in [0.2, 0.25) is 0 Å². The number of rotatable bonds is 5. The lowest BCUT2D eigenvalue weighted by atomic mass is 10.1. The summed E-state index contributed by atoms with van der Waals surface area (Å²) in [6.07, 6.45) is 2.35. The predicted molar refractivity (Wildman–Crippen MR) is 83.1 cm³/mol. The van der Waals surface area contributed by atoms with E-state index in [9.17, 15) is 4.79 Å². The van der Waals surface area contributed by atoms with Crippen LogP contribution in [0.15, 0.2) is 36.5 Å². The Balaban J connectivity index is 1.67. The summed E-state index contributed by atoms with van der Waals surface area (Å²) in [5.74, 6) is -0.00754. The van der Waals surface area contributed by atoms with Gasteiger partial charge in [-0.15, -0.1) is 0 Å². The van der Waals surface area contributed by atoms with Gasteiger partial charge in [0.1, 0.15) is 0 Å². The molecule has 3 rings (SSSR count). The van der Waals surface area contributed by atoms with Gasteiger partial charge in [-0.25, -0.2) is 0 Å². The van der Waals surface area contributed by atoms with Crippen molar-refractivity contribution in [2.45, 2.75) is 18.9 Å². The van der Waals surface area contributed by atoms with Crippen LogP contribution >= 0.6 is 0 Å². The third-order valence-electron chi connectivity index (χ3n) is 3.87. The van der Waals surface area contributed by atoms with E-state index in [1.54, 1.807) is 11.1 Å². The summed E-state index contributed by atoms with van der Waals surface area (Å²) < 4.78 is 5.39. The molecule has 1 unspecified atom stereocenters. The van der Waals surface area contributed by atoms with Gasteiger partial charge < -0.3 is 14.7 Å². The molecular formula is C16H20N4O3. The third-order valence-corrected chi connectivity index (χ3v) is 3.87. The van der Waals surface area contributed by atoms with Gasteiger partial charge in [-0.1, -0.05) is 18.2 Å². The minimum absolute atomic E-state index is 0.00754. The van der Waals surface area contributed by atoms with E-state index < -0.39 is 0 Å². The van der Waals surface area contributed by atoms with Gasteiger partial charge in [0.05, 0.1) is 43.3 Å². The van der Waals surface area contributed by atoms with E-state index in [2.05, 4.69) is 10.2 Å². The molecule has 0 saturated carbocycles. The Morgan fingerprint density at radius 2 is 2.17 bits per heavy atom. The lowest BCUT2D eigenvalue weighted by Crippen LogP contribution is -2.49. The largest absolute Gasteiger partial charge is 0.396 e. The van der Waals surface area contributed by atoms with Gasteiger partial charge in [-0.05, 0) is 18.6 Å². The van der Waals surface area contributed by atoms with Crippen molar-refractivity contribution < 1.29 is 14.6 Å². The summed E-state index contributed by atoms with van der Waals surface area (Å²) in [7, 11) is 0. The molecular weight excluding hydrogens is 296 g/mol. The van der Waals surface area contributed by atoms with Gasteiger partial charge >= 0.3 is 0 Å². The van der Waals surface area contributed by atoms with Crippen molar-refractivity contribution in [2.24, 2.45) is 0 Å². The molecule has 1 aliphatic rings. The molecule has 7 nitrogen and oxygen atoms in total. The van der Waals surface area contributed by atoms with Crippen LogP contribution in [0.1, 0.15) is 12.1 Å². The molecule has 2 heterocycles. The Bertz CT molecular complexity index is 642. The number of hydrogen-bond acceptors (Lipinski definition) is 5. The quantitative estimate of drug-likeness (QED) is 0.865. The smallest absolute Gasteiger partial charge is 0.229 e. The Morgan fingerprint density at radius 1 is 1.35 bits per heavy atom. The van der Waals surface area contributed by atoms with Crippen molar-refractivity contribution >= 4 is 5.91 Å². The van der Waals surface area contributed by atoms with E-state index >= 15 is 0 Å². The number of aromatic nitrogens is 3. The van der Waals surface area contributed by atoms with Gasteiger partial charge in [-0.2, -0.15) is 15.0 Å². The molecule has 1 fully saturated rings. The number of aliphatic hydroxyl groups excluding tert-OH is 1. The predicted octanol–water partition coefficient (Wildman–Crippen LogP) is 0.420. The fourth-order valence-corrected chi connectivity index (χ4v) is 2.69. The molecule has 7 heteroatoms. The van der Waals surface area contributed by atoms with E-state index in [1.165, 1.54) is 4.80 Å². The molecule has 1 aromatic carbocycles. The van der Waals surface area contributed by atoms with Crippen molar-refractivity contribution in [3.8, 4) is 5.69 Å². The molecule has 1 N–H and O–H groups in total. The molecule has 122 valence electrons. The van der Waals surface area contributed by atoms with Crippen molar-refractivity contribution in [3.63, 3.8) is 0 Å². The number of morpholine rings is 1. The van der Waals surface area contributed by atoms with Gasteiger partial charge in [0.25, 0.3) is 0 Å². The molecule has 23 heavy (non-hydrogen) atoms. The van der Waals surface area contributed by atoms with Crippen molar-refractivity contribution in [2.75, 3.05) is 26.4 Å². The maximum absolute atomic E-state index is 12.5. The molecule has 1 atom stereocenters. The zero-order valence-corrected chi connectivity index (χ0v) is 12.8. The summed E-state index contributed by atoms with van der Waals surface area (Å²) in [4.78, 5) is 15.8. The van der Waals surface area contributed by atoms with E-state index in [0.29, 0.717) is 31.9 Å². The number of amides is 1. The monoisotopic (exact) mass is 316 g/mol. The van der Waals surface area contributed by atoms with E-state index in [-0.39, 0.29) is 25.0 Å². The van der Waals surface area contributed by atoms with Gasteiger partial charge in [0, 0.05) is 13.2 Å². The first-order valence-electron chi connectivity index (χ1n) is 7.72. The van der Waals surface area contributed by atoms with E-state index in [1.807, 2.05) is 30.3 Å². The SMILES string of the molecule is O=C(Cc1cnn(-c2ccccc2)n1)N1CCOCC1CCO. The molecule has 1 amide bonds. The third kappa shape index (κ3) is 3.75. The first-order valence-corrected chi connectivity index (χ1v) is 7.72. The number of aliphatic hydroxyl groups is 1.